The van der Waals surface area contributed by atoms with E-state index in [4.69, 9.17) is 9.68 Å². The molecule has 1 aromatic heterocycles. The van der Waals surface area contributed by atoms with Crippen molar-refractivity contribution in [2.45, 2.75) is 39.3 Å². The van der Waals surface area contributed by atoms with Gasteiger partial charge in [0.2, 0.25) is 5.76 Å². The summed E-state index contributed by atoms with van der Waals surface area (Å²) in [6.07, 6.45) is 2.55. The van der Waals surface area contributed by atoms with E-state index in [1.807, 2.05) is 12.1 Å². The molecule has 0 spiro atoms. The minimum absolute atomic E-state index is 0.393. The van der Waals surface area contributed by atoms with Gasteiger partial charge in [0.25, 0.3) is 0 Å². The molecular formula is C13H18N2O. The van der Waals surface area contributed by atoms with Gasteiger partial charge in [-0.2, -0.15) is 5.26 Å². The molecule has 0 amide bonds. The predicted molar refractivity (Wildman–Crippen MR) is 61.6 cm³/mol. The monoisotopic (exact) mass is 218 g/mol. The number of rotatable bonds is 3. The Morgan fingerprint density at radius 1 is 1.44 bits per heavy atom. The van der Waals surface area contributed by atoms with Crippen molar-refractivity contribution < 1.29 is 4.42 Å². The highest BCUT2D eigenvalue weighted by Gasteiger charge is 2.29. The van der Waals surface area contributed by atoms with Crippen molar-refractivity contribution in [3.63, 3.8) is 0 Å². The van der Waals surface area contributed by atoms with Gasteiger partial charge in [-0.1, -0.05) is 13.8 Å². The molecule has 2 rings (SSSR count). The predicted octanol–water partition coefficient (Wildman–Crippen LogP) is 2.68. The Bertz CT molecular complexity index is 391. The van der Waals surface area contributed by atoms with Gasteiger partial charge in [-0.05, 0) is 36.8 Å². The molecule has 86 valence electrons. The second-order valence-corrected chi connectivity index (χ2v) is 4.78. The molecule has 0 aliphatic heterocycles. The summed E-state index contributed by atoms with van der Waals surface area (Å²) in [6.45, 7) is 5.34. The fraction of sp³-hybridized carbons (Fsp3) is 0.615. The second kappa shape index (κ2) is 4.71. The van der Waals surface area contributed by atoms with E-state index in [0.717, 1.165) is 24.1 Å². The highest BCUT2D eigenvalue weighted by Crippen LogP contribution is 2.31. The molecule has 3 atom stereocenters. The first kappa shape index (κ1) is 11.2. The Morgan fingerprint density at radius 3 is 2.81 bits per heavy atom. The molecule has 0 radical (unpaired) electrons. The Balaban J connectivity index is 1.86. The van der Waals surface area contributed by atoms with Gasteiger partial charge in [0.05, 0.1) is 6.54 Å². The van der Waals surface area contributed by atoms with Crippen LogP contribution >= 0.6 is 0 Å². The van der Waals surface area contributed by atoms with E-state index in [9.17, 15) is 0 Å². The van der Waals surface area contributed by atoms with Crippen LogP contribution in [0, 0.1) is 23.2 Å². The van der Waals surface area contributed by atoms with Crippen LogP contribution in [0.4, 0.5) is 0 Å². The van der Waals surface area contributed by atoms with Crippen molar-refractivity contribution in [1.29, 1.82) is 5.26 Å². The summed E-state index contributed by atoms with van der Waals surface area (Å²) in [5.74, 6) is 2.78. The summed E-state index contributed by atoms with van der Waals surface area (Å²) in [5.41, 5.74) is 0. The first-order chi connectivity index (χ1) is 7.70. The fourth-order valence-electron chi connectivity index (χ4n) is 2.42. The van der Waals surface area contributed by atoms with Gasteiger partial charge in [0, 0.05) is 6.04 Å². The average molecular weight is 218 g/mol. The summed E-state index contributed by atoms with van der Waals surface area (Å²) in [6, 6.07) is 6.17. The summed E-state index contributed by atoms with van der Waals surface area (Å²) in [7, 11) is 0. The molecule has 16 heavy (non-hydrogen) atoms. The topological polar surface area (TPSA) is 49.0 Å². The highest BCUT2D eigenvalue weighted by molar-refractivity contribution is 5.19. The second-order valence-electron chi connectivity index (χ2n) is 4.78. The molecule has 3 unspecified atom stereocenters. The minimum atomic E-state index is 0.393. The third-order valence-corrected chi connectivity index (χ3v) is 3.78. The van der Waals surface area contributed by atoms with Crippen molar-refractivity contribution in [2.75, 3.05) is 0 Å². The lowest BCUT2D eigenvalue weighted by molar-refractivity contribution is 0.355. The zero-order valence-corrected chi connectivity index (χ0v) is 9.86. The first-order valence-corrected chi connectivity index (χ1v) is 5.93. The normalized spacial score (nSPS) is 29.2. The molecule has 1 saturated carbocycles. The van der Waals surface area contributed by atoms with Crippen LogP contribution in [0.15, 0.2) is 16.5 Å². The van der Waals surface area contributed by atoms with E-state index in [1.165, 1.54) is 12.8 Å². The Morgan fingerprint density at radius 2 is 2.25 bits per heavy atom. The molecule has 0 aromatic carbocycles. The van der Waals surface area contributed by atoms with Gasteiger partial charge in [-0.25, -0.2) is 0 Å². The average Bonchev–Trinajstić information content (AvgIpc) is 2.86. The van der Waals surface area contributed by atoms with Gasteiger partial charge in [0.1, 0.15) is 11.8 Å². The van der Waals surface area contributed by atoms with E-state index < -0.39 is 0 Å². The number of hydrogen-bond acceptors (Lipinski definition) is 3. The van der Waals surface area contributed by atoms with E-state index in [0.29, 0.717) is 11.8 Å². The van der Waals surface area contributed by atoms with Gasteiger partial charge in [-0.3, -0.25) is 0 Å². The molecule has 1 aromatic rings. The van der Waals surface area contributed by atoms with Crippen LogP contribution in [0.5, 0.6) is 0 Å². The summed E-state index contributed by atoms with van der Waals surface area (Å²) in [4.78, 5) is 0. The van der Waals surface area contributed by atoms with Gasteiger partial charge in [0.15, 0.2) is 0 Å². The Kier molecular flexibility index (Phi) is 3.31. The van der Waals surface area contributed by atoms with E-state index in [-0.39, 0.29) is 0 Å². The van der Waals surface area contributed by atoms with Crippen molar-refractivity contribution in [1.82, 2.24) is 5.32 Å². The number of furan rings is 1. The smallest absolute Gasteiger partial charge is 0.203 e. The Hall–Kier alpha value is -1.27. The molecule has 1 N–H and O–H groups in total. The van der Waals surface area contributed by atoms with Gasteiger partial charge < -0.3 is 9.73 Å². The molecule has 1 heterocycles. The largest absolute Gasteiger partial charge is 0.449 e. The van der Waals surface area contributed by atoms with Crippen LogP contribution in [0.1, 0.15) is 38.2 Å². The van der Waals surface area contributed by atoms with Crippen LogP contribution in [0.25, 0.3) is 0 Å². The number of hydrogen-bond donors (Lipinski definition) is 1. The maximum atomic E-state index is 8.64. The molecule has 0 saturated heterocycles. The Labute approximate surface area is 96.4 Å². The van der Waals surface area contributed by atoms with Crippen LogP contribution < -0.4 is 5.32 Å². The molecule has 1 aliphatic rings. The molecular weight excluding hydrogens is 200 g/mol. The van der Waals surface area contributed by atoms with Crippen molar-refractivity contribution in [3.8, 4) is 6.07 Å². The van der Waals surface area contributed by atoms with E-state index >= 15 is 0 Å². The summed E-state index contributed by atoms with van der Waals surface area (Å²) >= 11 is 0. The molecule has 1 fully saturated rings. The molecule has 0 bridgehead atoms. The molecule has 3 nitrogen and oxygen atoms in total. The summed E-state index contributed by atoms with van der Waals surface area (Å²) < 4.78 is 5.33. The fourth-order valence-corrected chi connectivity index (χ4v) is 2.42. The highest BCUT2D eigenvalue weighted by atomic mass is 16.3. The van der Waals surface area contributed by atoms with Crippen LogP contribution in [0.2, 0.25) is 0 Å². The van der Waals surface area contributed by atoms with Gasteiger partial charge in [-0.15, -0.1) is 0 Å². The maximum absolute atomic E-state index is 8.64. The zero-order valence-electron chi connectivity index (χ0n) is 9.86. The lowest BCUT2D eigenvalue weighted by Gasteiger charge is -2.18. The van der Waals surface area contributed by atoms with Crippen LogP contribution in [-0.2, 0) is 6.54 Å². The lowest BCUT2D eigenvalue weighted by Crippen LogP contribution is -2.31. The van der Waals surface area contributed by atoms with Crippen molar-refractivity contribution >= 4 is 0 Å². The third-order valence-electron chi connectivity index (χ3n) is 3.78. The first-order valence-electron chi connectivity index (χ1n) is 5.93. The third kappa shape index (κ3) is 2.28. The quantitative estimate of drug-likeness (QED) is 0.848. The maximum Gasteiger partial charge on any atom is 0.203 e. The zero-order chi connectivity index (χ0) is 11.5. The van der Waals surface area contributed by atoms with Crippen molar-refractivity contribution in [2.24, 2.45) is 11.8 Å². The van der Waals surface area contributed by atoms with Crippen LogP contribution in [-0.4, -0.2) is 6.04 Å². The SMILES string of the molecule is CC1CCC(NCc2ccc(C#N)o2)C1C. The standard InChI is InChI=1S/C13H18N2O/c1-9-3-6-13(10(9)2)15-8-12-5-4-11(7-14)16-12/h4-5,9-10,13,15H,3,6,8H2,1-2H3. The minimum Gasteiger partial charge on any atom is -0.449 e. The van der Waals surface area contributed by atoms with E-state index in [2.05, 4.69) is 19.2 Å². The molecule has 3 heteroatoms. The van der Waals surface area contributed by atoms with E-state index in [1.54, 1.807) is 6.07 Å². The lowest BCUT2D eigenvalue weighted by atomic mass is 9.98. The van der Waals surface area contributed by atoms with Crippen molar-refractivity contribution in [3.05, 3.63) is 23.7 Å². The number of nitrogens with one attached hydrogen (secondary N) is 1. The number of nitrogens with zero attached hydrogens (tertiary/aromatic N) is 1. The summed E-state index contributed by atoms with van der Waals surface area (Å²) in [5, 5.41) is 12.2. The van der Waals surface area contributed by atoms with Gasteiger partial charge >= 0.3 is 0 Å². The number of nitriles is 1. The molecule has 1 aliphatic carbocycles. The van der Waals surface area contributed by atoms with Crippen LogP contribution in [0.3, 0.4) is 0 Å².